The van der Waals surface area contributed by atoms with Gasteiger partial charge in [-0.3, -0.25) is 13.9 Å². The average Bonchev–Trinajstić information content (AvgIpc) is 2.98. The summed E-state index contributed by atoms with van der Waals surface area (Å²) >= 11 is 1.49. The molecule has 2 aromatic rings. The number of hydrogen-bond donors (Lipinski definition) is 2. The summed E-state index contributed by atoms with van der Waals surface area (Å²) in [5.41, 5.74) is 5.46. The number of nitrogens with two attached hydrogens (primary N) is 1. The number of nitrogens with one attached hydrogen (secondary N) is 1. The zero-order chi connectivity index (χ0) is 15.4. The number of anilines is 2. The second kappa shape index (κ2) is 6.57. The second-order valence-corrected chi connectivity index (χ2v) is 5.67. The number of rotatable bonds is 6. The molecule has 0 aliphatic heterocycles. The molecule has 0 fully saturated rings. The fourth-order valence-electron chi connectivity index (χ4n) is 1.99. The maximum Gasteiger partial charge on any atom is 0.332 e. The molecular weight excluding hydrogens is 290 g/mol. The molecule has 2 rings (SSSR count). The van der Waals surface area contributed by atoms with E-state index in [2.05, 4.69) is 10.3 Å². The molecule has 0 spiro atoms. The predicted molar refractivity (Wildman–Crippen MR) is 84.7 cm³/mol. The van der Waals surface area contributed by atoms with Crippen molar-refractivity contribution in [2.24, 2.45) is 7.05 Å². The molecule has 0 saturated heterocycles. The van der Waals surface area contributed by atoms with Gasteiger partial charge in [0, 0.05) is 25.2 Å². The van der Waals surface area contributed by atoms with Crippen LogP contribution < -0.4 is 22.3 Å². The molecule has 2 aromatic heterocycles. The molecular formula is C13H19N5O2S. The van der Waals surface area contributed by atoms with Crippen molar-refractivity contribution in [1.82, 2.24) is 14.1 Å². The Balaban J connectivity index is 2.37. The normalized spacial score (nSPS) is 10.8. The monoisotopic (exact) mass is 309 g/mol. The van der Waals surface area contributed by atoms with Crippen LogP contribution in [-0.2, 0) is 20.1 Å². The van der Waals surface area contributed by atoms with E-state index in [1.165, 1.54) is 23.0 Å². The minimum absolute atomic E-state index is 0.188. The summed E-state index contributed by atoms with van der Waals surface area (Å²) in [6.45, 7) is 2.94. The summed E-state index contributed by atoms with van der Waals surface area (Å²) in [6.07, 6.45) is 3.47. The zero-order valence-electron chi connectivity index (χ0n) is 12.1. The summed E-state index contributed by atoms with van der Waals surface area (Å²) in [5.74, 6) is 0.188. The van der Waals surface area contributed by atoms with Crippen LogP contribution in [0.25, 0.3) is 0 Å². The lowest BCUT2D eigenvalue weighted by molar-refractivity contribution is 0.575. The van der Waals surface area contributed by atoms with E-state index in [0.29, 0.717) is 13.1 Å². The molecule has 2 heterocycles. The van der Waals surface area contributed by atoms with Crippen molar-refractivity contribution in [3.8, 4) is 0 Å². The highest BCUT2D eigenvalue weighted by atomic mass is 32.1. The lowest BCUT2D eigenvalue weighted by Crippen LogP contribution is -2.40. The van der Waals surface area contributed by atoms with Gasteiger partial charge in [0.2, 0.25) is 0 Å². The smallest absolute Gasteiger partial charge is 0.332 e. The Bertz CT molecular complexity index is 717. The Morgan fingerprint density at radius 3 is 2.81 bits per heavy atom. The number of thiazole rings is 1. The number of nitrogens with zero attached hydrogens (tertiary/aromatic N) is 3. The molecule has 0 bridgehead atoms. The van der Waals surface area contributed by atoms with E-state index < -0.39 is 5.56 Å². The second-order valence-electron chi connectivity index (χ2n) is 4.69. The van der Waals surface area contributed by atoms with Crippen molar-refractivity contribution in [2.45, 2.75) is 32.9 Å². The molecule has 0 aromatic carbocycles. The zero-order valence-corrected chi connectivity index (χ0v) is 12.9. The molecule has 0 aliphatic rings. The highest BCUT2D eigenvalue weighted by Gasteiger charge is 2.15. The van der Waals surface area contributed by atoms with Gasteiger partial charge in [-0.1, -0.05) is 13.3 Å². The van der Waals surface area contributed by atoms with Crippen LogP contribution in [0.1, 0.15) is 24.8 Å². The molecule has 0 saturated carbocycles. The SMILES string of the molecule is CCCCn1c(N)c(NCc2nccs2)c(=O)n(C)c1=O. The van der Waals surface area contributed by atoms with Crippen LogP contribution in [0, 0.1) is 0 Å². The van der Waals surface area contributed by atoms with Gasteiger partial charge in [-0.15, -0.1) is 11.3 Å². The first kappa shape index (κ1) is 15.3. The number of nitrogen functional groups attached to an aromatic ring is 1. The molecule has 8 heteroatoms. The van der Waals surface area contributed by atoms with Crippen LogP contribution in [0.2, 0.25) is 0 Å². The van der Waals surface area contributed by atoms with E-state index in [-0.39, 0.29) is 17.2 Å². The van der Waals surface area contributed by atoms with E-state index in [9.17, 15) is 9.59 Å². The molecule has 7 nitrogen and oxygen atoms in total. The first-order valence-corrected chi connectivity index (χ1v) is 7.65. The van der Waals surface area contributed by atoms with Crippen LogP contribution in [0.4, 0.5) is 11.5 Å². The van der Waals surface area contributed by atoms with Crippen LogP contribution in [0.3, 0.4) is 0 Å². The summed E-state index contributed by atoms with van der Waals surface area (Å²) in [5, 5.41) is 5.71. The lowest BCUT2D eigenvalue weighted by Gasteiger charge is -2.15. The van der Waals surface area contributed by atoms with Crippen molar-refractivity contribution >= 4 is 22.8 Å². The molecule has 3 N–H and O–H groups in total. The summed E-state index contributed by atoms with van der Waals surface area (Å²) in [6, 6.07) is 0. The van der Waals surface area contributed by atoms with E-state index >= 15 is 0 Å². The molecule has 0 atom stereocenters. The van der Waals surface area contributed by atoms with Gasteiger partial charge in [-0.2, -0.15) is 0 Å². The minimum atomic E-state index is -0.415. The molecule has 114 valence electrons. The van der Waals surface area contributed by atoms with Crippen molar-refractivity contribution < 1.29 is 0 Å². The first-order chi connectivity index (χ1) is 10.1. The number of hydrogen-bond acceptors (Lipinski definition) is 6. The van der Waals surface area contributed by atoms with Gasteiger partial charge in [0.25, 0.3) is 5.56 Å². The molecule has 21 heavy (non-hydrogen) atoms. The van der Waals surface area contributed by atoms with Gasteiger partial charge in [-0.25, -0.2) is 9.78 Å². The van der Waals surface area contributed by atoms with Crippen molar-refractivity contribution in [3.05, 3.63) is 37.4 Å². The predicted octanol–water partition coefficient (Wildman–Crippen LogP) is 0.998. The van der Waals surface area contributed by atoms with Gasteiger partial charge in [0.1, 0.15) is 16.5 Å². The third-order valence-electron chi connectivity index (χ3n) is 3.22. The molecule has 0 unspecified atom stereocenters. The van der Waals surface area contributed by atoms with E-state index in [1.807, 2.05) is 12.3 Å². The third-order valence-corrected chi connectivity index (χ3v) is 4.00. The van der Waals surface area contributed by atoms with Gasteiger partial charge >= 0.3 is 5.69 Å². The van der Waals surface area contributed by atoms with E-state index in [1.54, 1.807) is 6.20 Å². The fourth-order valence-corrected chi connectivity index (χ4v) is 2.54. The first-order valence-electron chi connectivity index (χ1n) is 6.77. The van der Waals surface area contributed by atoms with Gasteiger partial charge in [-0.05, 0) is 6.42 Å². The van der Waals surface area contributed by atoms with Crippen LogP contribution in [0.5, 0.6) is 0 Å². The fraction of sp³-hybridized carbons (Fsp3) is 0.462. The third kappa shape index (κ3) is 3.15. The topological polar surface area (TPSA) is 94.9 Å². The number of aromatic nitrogens is 3. The van der Waals surface area contributed by atoms with Crippen molar-refractivity contribution in [2.75, 3.05) is 11.1 Å². The molecule has 0 radical (unpaired) electrons. The van der Waals surface area contributed by atoms with Gasteiger partial charge in [0.15, 0.2) is 0 Å². The molecule has 0 aliphatic carbocycles. The Labute approximate surface area is 126 Å². The van der Waals surface area contributed by atoms with E-state index in [0.717, 1.165) is 22.4 Å². The minimum Gasteiger partial charge on any atom is -0.383 e. The van der Waals surface area contributed by atoms with Crippen molar-refractivity contribution in [1.29, 1.82) is 0 Å². The van der Waals surface area contributed by atoms with E-state index in [4.69, 9.17) is 5.73 Å². The van der Waals surface area contributed by atoms with Gasteiger partial charge in [0.05, 0.1) is 6.54 Å². The van der Waals surface area contributed by atoms with Crippen molar-refractivity contribution in [3.63, 3.8) is 0 Å². The quantitative estimate of drug-likeness (QED) is 0.830. The lowest BCUT2D eigenvalue weighted by atomic mass is 10.3. The summed E-state index contributed by atoms with van der Waals surface area (Å²) < 4.78 is 2.52. The largest absolute Gasteiger partial charge is 0.383 e. The van der Waals surface area contributed by atoms with Crippen LogP contribution >= 0.6 is 11.3 Å². The Morgan fingerprint density at radius 1 is 1.43 bits per heavy atom. The Kier molecular flexibility index (Phi) is 4.79. The Morgan fingerprint density at radius 2 is 2.19 bits per heavy atom. The summed E-state index contributed by atoms with van der Waals surface area (Å²) in [4.78, 5) is 28.4. The highest BCUT2D eigenvalue weighted by Crippen LogP contribution is 2.14. The standard InChI is InChI=1S/C13H19N5O2S/c1-3-4-6-18-11(14)10(12(19)17(2)13(18)20)16-8-9-15-5-7-21-9/h5,7,16H,3-4,6,8,14H2,1-2H3. The maximum absolute atomic E-state index is 12.2. The Hall–Kier alpha value is -2.09. The average molecular weight is 309 g/mol. The molecule has 0 amide bonds. The van der Waals surface area contributed by atoms with Gasteiger partial charge < -0.3 is 11.1 Å². The number of unbranched alkanes of at least 4 members (excludes halogenated alkanes) is 1. The maximum atomic E-state index is 12.2. The summed E-state index contributed by atoms with van der Waals surface area (Å²) in [7, 11) is 1.46. The highest BCUT2D eigenvalue weighted by molar-refractivity contribution is 7.09. The van der Waals surface area contributed by atoms with Crippen LogP contribution in [0.15, 0.2) is 21.2 Å². The van der Waals surface area contributed by atoms with Crippen LogP contribution in [-0.4, -0.2) is 14.1 Å².